The highest BCUT2D eigenvalue weighted by Gasteiger charge is 2.25. The summed E-state index contributed by atoms with van der Waals surface area (Å²) in [7, 11) is 1.97. The maximum atomic E-state index is 12.3. The zero-order valence-electron chi connectivity index (χ0n) is 14.7. The van der Waals surface area contributed by atoms with Crippen LogP contribution in [-0.2, 0) is 4.79 Å². The van der Waals surface area contributed by atoms with E-state index in [1.165, 1.54) is 5.39 Å². The molecule has 3 rings (SSSR count). The van der Waals surface area contributed by atoms with Gasteiger partial charge in [-0.3, -0.25) is 4.79 Å². The fraction of sp³-hybridized carbons (Fsp3) is 0.450. The second-order valence-corrected chi connectivity index (χ2v) is 6.48. The summed E-state index contributed by atoms with van der Waals surface area (Å²) >= 11 is 0. The molecule has 136 valence electrons. The predicted molar refractivity (Wildman–Crippen MR) is 105 cm³/mol. The zero-order chi connectivity index (χ0) is 16.8. The van der Waals surface area contributed by atoms with Crippen molar-refractivity contribution in [2.75, 3.05) is 33.3 Å². The maximum Gasteiger partial charge on any atom is 0.222 e. The van der Waals surface area contributed by atoms with Gasteiger partial charge < -0.3 is 15.0 Å². The highest BCUT2D eigenvalue weighted by atomic mass is 35.5. The lowest BCUT2D eigenvalue weighted by Crippen LogP contribution is -2.30. The van der Waals surface area contributed by atoms with Gasteiger partial charge in [-0.1, -0.05) is 36.4 Å². The molecule has 2 aromatic rings. The highest BCUT2D eigenvalue weighted by molar-refractivity contribution is 5.88. The second-order valence-electron chi connectivity index (χ2n) is 6.48. The summed E-state index contributed by atoms with van der Waals surface area (Å²) in [5.74, 6) is 1.76. The minimum Gasteiger partial charge on any atom is -0.493 e. The van der Waals surface area contributed by atoms with Gasteiger partial charge >= 0.3 is 0 Å². The normalized spacial score (nSPS) is 16.7. The Morgan fingerprint density at radius 2 is 2.04 bits per heavy atom. The fourth-order valence-electron chi connectivity index (χ4n) is 3.40. The van der Waals surface area contributed by atoms with Crippen LogP contribution < -0.4 is 10.1 Å². The van der Waals surface area contributed by atoms with Gasteiger partial charge in [0.25, 0.3) is 0 Å². The largest absolute Gasteiger partial charge is 0.493 e. The number of hydrogen-bond donors (Lipinski definition) is 1. The molecular weight excluding hydrogens is 336 g/mol. The number of hydrogen-bond acceptors (Lipinski definition) is 3. The number of halogens is 1. The number of carbonyl (C=O) groups excluding carboxylic acids is 1. The van der Waals surface area contributed by atoms with Gasteiger partial charge in [0.1, 0.15) is 5.75 Å². The predicted octanol–water partition coefficient (Wildman–Crippen LogP) is 3.49. The molecule has 2 aromatic carbocycles. The molecule has 0 aromatic heterocycles. The molecule has 5 heteroatoms. The molecule has 0 saturated carbocycles. The summed E-state index contributed by atoms with van der Waals surface area (Å²) in [4.78, 5) is 14.3. The molecule has 1 amide bonds. The van der Waals surface area contributed by atoms with E-state index in [1.54, 1.807) is 0 Å². The summed E-state index contributed by atoms with van der Waals surface area (Å²) in [6, 6.07) is 14.3. The molecule has 0 spiro atoms. The van der Waals surface area contributed by atoms with Crippen molar-refractivity contribution < 1.29 is 9.53 Å². The van der Waals surface area contributed by atoms with Crippen molar-refractivity contribution in [3.8, 4) is 5.75 Å². The molecule has 1 unspecified atom stereocenters. The number of likely N-dealkylation sites (tertiary alicyclic amines) is 1. The van der Waals surface area contributed by atoms with E-state index in [0.717, 1.165) is 43.6 Å². The van der Waals surface area contributed by atoms with Gasteiger partial charge in [0.05, 0.1) is 6.61 Å². The first-order valence-corrected chi connectivity index (χ1v) is 8.81. The lowest BCUT2D eigenvalue weighted by molar-refractivity contribution is -0.130. The summed E-state index contributed by atoms with van der Waals surface area (Å²) in [5.41, 5.74) is 0. The van der Waals surface area contributed by atoms with Crippen LogP contribution in [0.5, 0.6) is 5.75 Å². The van der Waals surface area contributed by atoms with Crippen molar-refractivity contribution in [1.29, 1.82) is 0 Å². The van der Waals surface area contributed by atoms with E-state index in [1.807, 2.05) is 36.2 Å². The number of nitrogens with zero attached hydrogens (tertiary/aromatic N) is 1. The number of amides is 1. The van der Waals surface area contributed by atoms with Gasteiger partial charge in [-0.2, -0.15) is 0 Å². The van der Waals surface area contributed by atoms with Crippen LogP contribution in [0.4, 0.5) is 0 Å². The van der Waals surface area contributed by atoms with Crippen LogP contribution in [0.15, 0.2) is 42.5 Å². The number of rotatable bonds is 7. The Morgan fingerprint density at radius 3 is 2.88 bits per heavy atom. The minimum absolute atomic E-state index is 0. The van der Waals surface area contributed by atoms with Crippen LogP contribution in [-0.4, -0.2) is 44.1 Å². The molecule has 1 aliphatic heterocycles. The van der Waals surface area contributed by atoms with Crippen molar-refractivity contribution in [3.63, 3.8) is 0 Å². The van der Waals surface area contributed by atoms with Gasteiger partial charge in [-0.05, 0) is 43.8 Å². The van der Waals surface area contributed by atoms with E-state index in [0.29, 0.717) is 18.9 Å². The SMILES string of the molecule is CNCC1CCN(C(=O)CCCOc2cccc3ccccc23)C1.Cl. The average Bonchev–Trinajstić information content (AvgIpc) is 3.08. The Hall–Kier alpha value is -1.78. The molecule has 1 heterocycles. The van der Waals surface area contributed by atoms with Crippen LogP contribution in [0, 0.1) is 5.92 Å². The molecule has 1 N–H and O–H groups in total. The molecule has 0 aliphatic carbocycles. The van der Waals surface area contributed by atoms with Crippen LogP contribution in [0.3, 0.4) is 0 Å². The van der Waals surface area contributed by atoms with Gasteiger partial charge in [0.2, 0.25) is 5.91 Å². The van der Waals surface area contributed by atoms with Crippen molar-refractivity contribution in [2.45, 2.75) is 19.3 Å². The van der Waals surface area contributed by atoms with Gasteiger partial charge in [-0.25, -0.2) is 0 Å². The molecular formula is C20H27ClN2O2. The molecule has 25 heavy (non-hydrogen) atoms. The molecule has 1 aliphatic rings. The third kappa shape index (κ3) is 5.10. The van der Waals surface area contributed by atoms with E-state index in [-0.39, 0.29) is 18.3 Å². The van der Waals surface area contributed by atoms with Crippen molar-refractivity contribution in [2.24, 2.45) is 5.92 Å². The van der Waals surface area contributed by atoms with E-state index >= 15 is 0 Å². The van der Waals surface area contributed by atoms with E-state index in [4.69, 9.17) is 4.74 Å². The molecule has 1 fully saturated rings. The number of nitrogens with one attached hydrogen (secondary N) is 1. The Morgan fingerprint density at radius 1 is 1.24 bits per heavy atom. The smallest absolute Gasteiger partial charge is 0.222 e. The summed E-state index contributed by atoms with van der Waals surface area (Å²) < 4.78 is 5.91. The summed E-state index contributed by atoms with van der Waals surface area (Å²) in [6.45, 7) is 3.36. The standard InChI is InChI=1S/C20H26N2O2.ClH/c1-21-14-16-11-12-22(15-16)20(23)10-5-13-24-19-9-4-7-17-6-2-3-8-18(17)19;/h2-4,6-9,16,21H,5,10-15H2,1H3;1H. The first-order chi connectivity index (χ1) is 11.8. The third-order valence-corrected chi connectivity index (χ3v) is 4.67. The summed E-state index contributed by atoms with van der Waals surface area (Å²) in [6.07, 6.45) is 2.44. The van der Waals surface area contributed by atoms with Crippen LogP contribution >= 0.6 is 12.4 Å². The second kappa shape index (κ2) is 9.64. The average molecular weight is 363 g/mol. The maximum absolute atomic E-state index is 12.3. The topological polar surface area (TPSA) is 41.6 Å². The lowest BCUT2D eigenvalue weighted by Gasteiger charge is -2.16. The van der Waals surface area contributed by atoms with E-state index < -0.39 is 0 Å². The van der Waals surface area contributed by atoms with Gasteiger partial charge in [-0.15, -0.1) is 12.4 Å². The number of fused-ring (bicyclic) bond motifs is 1. The van der Waals surface area contributed by atoms with Crippen LogP contribution in [0.25, 0.3) is 10.8 Å². The zero-order valence-corrected chi connectivity index (χ0v) is 15.6. The van der Waals surface area contributed by atoms with Gasteiger partial charge in [0, 0.05) is 24.9 Å². The van der Waals surface area contributed by atoms with Crippen molar-refractivity contribution >= 4 is 29.1 Å². The van der Waals surface area contributed by atoms with Crippen LogP contribution in [0.2, 0.25) is 0 Å². The van der Waals surface area contributed by atoms with Gasteiger partial charge in [0.15, 0.2) is 0 Å². The Kier molecular flexibility index (Phi) is 7.53. The fourth-order valence-corrected chi connectivity index (χ4v) is 3.40. The number of carbonyl (C=O) groups is 1. The first-order valence-electron chi connectivity index (χ1n) is 8.81. The number of benzene rings is 2. The lowest BCUT2D eigenvalue weighted by atomic mass is 10.1. The Bertz CT molecular complexity index is 687. The van der Waals surface area contributed by atoms with Crippen molar-refractivity contribution in [3.05, 3.63) is 42.5 Å². The third-order valence-electron chi connectivity index (χ3n) is 4.67. The molecule has 0 bridgehead atoms. The van der Waals surface area contributed by atoms with E-state index in [9.17, 15) is 4.79 Å². The Balaban J connectivity index is 0.00000225. The first kappa shape index (κ1) is 19.5. The van der Waals surface area contributed by atoms with Crippen LogP contribution in [0.1, 0.15) is 19.3 Å². The molecule has 1 saturated heterocycles. The monoisotopic (exact) mass is 362 g/mol. The molecule has 4 nitrogen and oxygen atoms in total. The minimum atomic E-state index is 0. The van der Waals surface area contributed by atoms with E-state index in [2.05, 4.69) is 23.5 Å². The quantitative estimate of drug-likeness (QED) is 0.766. The highest BCUT2D eigenvalue weighted by Crippen LogP contribution is 2.25. The molecule has 1 atom stereocenters. The number of ether oxygens (including phenoxy) is 1. The Labute approximate surface area is 155 Å². The molecule has 0 radical (unpaired) electrons. The van der Waals surface area contributed by atoms with Crippen molar-refractivity contribution in [1.82, 2.24) is 10.2 Å². The summed E-state index contributed by atoms with van der Waals surface area (Å²) in [5, 5.41) is 5.50.